The molecule has 2 aromatic rings. The lowest BCUT2D eigenvalue weighted by molar-refractivity contribution is 0.219. The Kier molecular flexibility index (Phi) is 2.54. The molecule has 0 spiro atoms. The van der Waals surface area contributed by atoms with E-state index in [1.54, 1.807) is 5.69 Å². The molecular formula is C17H21NS. The Hall–Kier alpha value is -0.890. The summed E-state index contributed by atoms with van der Waals surface area (Å²) >= 11 is 2.04. The van der Waals surface area contributed by atoms with E-state index in [1.807, 2.05) is 11.8 Å². The minimum atomic E-state index is 0.408. The van der Waals surface area contributed by atoms with E-state index in [2.05, 4.69) is 48.1 Å². The van der Waals surface area contributed by atoms with Gasteiger partial charge < -0.3 is 4.57 Å². The maximum atomic E-state index is 2.65. The third-order valence-electron chi connectivity index (χ3n) is 5.45. The number of rotatable bonds is 1. The Morgan fingerprint density at radius 3 is 2.95 bits per heavy atom. The highest BCUT2D eigenvalue weighted by molar-refractivity contribution is 7.98. The molecule has 1 aliphatic heterocycles. The molecule has 2 unspecified atom stereocenters. The van der Waals surface area contributed by atoms with Crippen LogP contribution in [0.3, 0.4) is 0 Å². The van der Waals surface area contributed by atoms with Crippen molar-refractivity contribution in [3.8, 4) is 0 Å². The van der Waals surface area contributed by atoms with E-state index in [1.165, 1.54) is 36.6 Å². The topological polar surface area (TPSA) is 4.93 Å². The first kappa shape index (κ1) is 11.9. The second-order valence-electron chi connectivity index (χ2n) is 6.35. The monoisotopic (exact) mass is 271 g/mol. The smallest absolute Gasteiger partial charge is 0.0831 e. The van der Waals surface area contributed by atoms with Crippen LogP contribution in [0.2, 0.25) is 0 Å². The van der Waals surface area contributed by atoms with Gasteiger partial charge in [0.15, 0.2) is 0 Å². The molecule has 1 aromatic carbocycles. The lowest BCUT2D eigenvalue weighted by Crippen LogP contribution is -2.32. The lowest BCUT2D eigenvalue weighted by atomic mass is 9.67. The van der Waals surface area contributed by atoms with Crippen LogP contribution in [0.15, 0.2) is 30.3 Å². The molecule has 100 valence electrons. The molecule has 1 aliphatic carbocycles. The summed E-state index contributed by atoms with van der Waals surface area (Å²) < 4.78 is 2.65. The standard InChI is InChI=1S/C17H21NS/c1-17-10-6-5-8-13(17)16(19-2)18-14-9-4-3-7-12(14)11-15(17)18/h3-4,7,9,11,13,16H,5-6,8,10H2,1-2H3/t13?,16?,17-/m1/s1. The fourth-order valence-corrected chi connectivity index (χ4v) is 5.68. The second-order valence-corrected chi connectivity index (χ2v) is 7.31. The van der Waals surface area contributed by atoms with Gasteiger partial charge in [-0.2, -0.15) is 0 Å². The average molecular weight is 271 g/mol. The predicted molar refractivity (Wildman–Crippen MR) is 83.8 cm³/mol. The number of thioether (sulfide) groups is 1. The van der Waals surface area contributed by atoms with Gasteiger partial charge in [-0.25, -0.2) is 0 Å². The maximum Gasteiger partial charge on any atom is 0.0831 e. The first-order valence-electron chi connectivity index (χ1n) is 7.39. The predicted octanol–water partition coefficient (Wildman–Crippen LogP) is 4.96. The van der Waals surface area contributed by atoms with Gasteiger partial charge in [-0.1, -0.05) is 38.0 Å². The molecule has 3 atom stereocenters. The van der Waals surface area contributed by atoms with Gasteiger partial charge >= 0.3 is 0 Å². The minimum Gasteiger partial charge on any atom is -0.331 e. The summed E-state index contributed by atoms with van der Waals surface area (Å²) in [6, 6.07) is 11.4. The van der Waals surface area contributed by atoms with Gasteiger partial charge in [-0.15, -0.1) is 11.8 Å². The van der Waals surface area contributed by atoms with Crippen LogP contribution in [0.1, 0.15) is 43.7 Å². The van der Waals surface area contributed by atoms with Gasteiger partial charge in [0.05, 0.1) is 5.37 Å². The molecule has 0 amide bonds. The van der Waals surface area contributed by atoms with Crippen molar-refractivity contribution >= 4 is 22.7 Å². The summed E-state index contributed by atoms with van der Waals surface area (Å²) in [4.78, 5) is 0. The molecule has 4 rings (SSSR count). The number of hydrogen-bond donors (Lipinski definition) is 0. The van der Waals surface area contributed by atoms with Crippen molar-refractivity contribution in [1.29, 1.82) is 0 Å². The minimum absolute atomic E-state index is 0.408. The van der Waals surface area contributed by atoms with Crippen LogP contribution < -0.4 is 0 Å². The molecule has 2 heteroatoms. The molecule has 2 heterocycles. The quantitative estimate of drug-likeness (QED) is 0.709. The van der Waals surface area contributed by atoms with Gasteiger partial charge in [0.2, 0.25) is 0 Å². The molecule has 1 aromatic heterocycles. The zero-order valence-corrected chi connectivity index (χ0v) is 12.5. The summed E-state index contributed by atoms with van der Waals surface area (Å²) in [6.45, 7) is 2.51. The summed E-state index contributed by atoms with van der Waals surface area (Å²) in [5, 5.41) is 2.06. The van der Waals surface area contributed by atoms with E-state index in [0.29, 0.717) is 10.8 Å². The summed E-state index contributed by atoms with van der Waals surface area (Å²) in [6.07, 6.45) is 7.86. The van der Waals surface area contributed by atoms with Crippen LogP contribution in [0.4, 0.5) is 0 Å². The molecule has 0 bridgehead atoms. The highest BCUT2D eigenvalue weighted by Gasteiger charge is 2.50. The zero-order chi connectivity index (χ0) is 13.0. The van der Waals surface area contributed by atoms with Crippen LogP contribution in [0.5, 0.6) is 0 Å². The third kappa shape index (κ3) is 1.44. The maximum absolute atomic E-state index is 2.65. The molecule has 19 heavy (non-hydrogen) atoms. The van der Waals surface area contributed by atoms with Crippen molar-refractivity contribution in [2.24, 2.45) is 5.92 Å². The Labute approximate surface area is 119 Å². The van der Waals surface area contributed by atoms with Crippen LogP contribution in [-0.2, 0) is 5.41 Å². The van der Waals surface area contributed by atoms with Crippen LogP contribution >= 0.6 is 11.8 Å². The molecular weight excluding hydrogens is 250 g/mol. The van der Waals surface area contributed by atoms with E-state index < -0.39 is 0 Å². The molecule has 1 saturated carbocycles. The first-order valence-corrected chi connectivity index (χ1v) is 8.68. The first-order chi connectivity index (χ1) is 9.25. The normalized spacial score (nSPS) is 33.4. The molecule has 0 radical (unpaired) electrons. The third-order valence-corrected chi connectivity index (χ3v) is 6.48. The summed E-state index contributed by atoms with van der Waals surface area (Å²) in [5.41, 5.74) is 3.44. The lowest BCUT2D eigenvalue weighted by Gasteiger charge is -2.37. The van der Waals surface area contributed by atoms with Crippen molar-refractivity contribution in [2.45, 2.75) is 43.4 Å². The number of benzene rings is 1. The van der Waals surface area contributed by atoms with Gasteiger partial charge in [0, 0.05) is 16.6 Å². The van der Waals surface area contributed by atoms with Crippen LogP contribution in [0, 0.1) is 5.92 Å². The number of nitrogens with zero attached hydrogens (tertiary/aromatic N) is 1. The summed E-state index contributed by atoms with van der Waals surface area (Å²) in [5.74, 6) is 0.829. The molecule has 1 fully saturated rings. The Balaban J connectivity index is 2.00. The largest absolute Gasteiger partial charge is 0.331 e. The van der Waals surface area contributed by atoms with Crippen molar-refractivity contribution in [1.82, 2.24) is 4.57 Å². The van der Waals surface area contributed by atoms with Crippen molar-refractivity contribution in [2.75, 3.05) is 6.26 Å². The SMILES string of the molecule is CSC1C2CCCC[C@@]2(C)c2cc3ccccc3n21. The van der Waals surface area contributed by atoms with Gasteiger partial charge in [0.1, 0.15) is 0 Å². The van der Waals surface area contributed by atoms with E-state index in [-0.39, 0.29) is 0 Å². The highest BCUT2D eigenvalue weighted by Crippen LogP contribution is 2.58. The molecule has 0 saturated heterocycles. The van der Waals surface area contributed by atoms with Gasteiger partial charge in [-0.05, 0) is 42.5 Å². The fraction of sp³-hybridized carbons (Fsp3) is 0.529. The van der Waals surface area contributed by atoms with E-state index in [4.69, 9.17) is 0 Å². The van der Waals surface area contributed by atoms with Crippen LogP contribution in [0.25, 0.3) is 10.9 Å². The number of aromatic nitrogens is 1. The zero-order valence-electron chi connectivity index (χ0n) is 11.7. The second kappa shape index (κ2) is 4.05. The van der Waals surface area contributed by atoms with Crippen molar-refractivity contribution < 1.29 is 0 Å². The summed E-state index contributed by atoms with van der Waals surface area (Å²) in [7, 11) is 0. The highest BCUT2D eigenvalue weighted by atomic mass is 32.2. The number of hydrogen-bond acceptors (Lipinski definition) is 1. The average Bonchev–Trinajstić information content (AvgIpc) is 2.92. The van der Waals surface area contributed by atoms with E-state index >= 15 is 0 Å². The Bertz CT molecular complexity index is 629. The van der Waals surface area contributed by atoms with Crippen molar-refractivity contribution in [3.05, 3.63) is 36.0 Å². The van der Waals surface area contributed by atoms with E-state index in [0.717, 1.165) is 5.92 Å². The number of fused-ring (bicyclic) bond motifs is 5. The van der Waals surface area contributed by atoms with Crippen molar-refractivity contribution in [3.63, 3.8) is 0 Å². The fourth-order valence-electron chi connectivity index (χ4n) is 4.48. The molecule has 1 nitrogen and oxygen atoms in total. The Morgan fingerprint density at radius 1 is 1.26 bits per heavy atom. The van der Waals surface area contributed by atoms with Gasteiger partial charge in [-0.3, -0.25) is 0 Å². The van der Waals surface area contributed by atoms with Crippen LogP contribution in [-0.4, -0.2) is 10.8 Å². The van der Waals surface area contributed by atoms with Gasteiger partial charge in [0.25, 0.3) is 0 Å². The number of para-hydroxylation sites is 1. The van der Waals surface area contributed by atoms with E-state index in [9.17, 15) is 0 Å². The molecule has 2 aliphatic rings. The molecule has 0 N–H and O–H groups in total. The Morgan fingerprint density at radius 2 is 2.11 bits per heavy atom.